The maximum Gasteiger partial charge on any atom is 0.407 e. The van der Waals surface area contributed by atoms with Crippen molar-refractivity contribution in [1.82, 2.24) is 14.9 Å². The van der Waals surface area contributed by atoms with Gasteiger partial charge in [0.1, 0.15) is 6.10 Å². The van der Waals surface area contributed by atoms with Crippen LogP contribution in [-0.2, 0) is 35.4 Å². The smallest absolute Gasteiger partial charge is 0.407 e. The number of aliphatic hydroxyl groups is 1. The van der Waals surface area contributed by atoms with Gasteiger partial charge in [-0.25, -0.2) is 13.2 Å². The Morgan fingerprint density at radius 3 is 2.63 bits per heavy atom. The molecule has 46 heavy (non-hydrogen) atoms. The minimum Gasteiger partial charge on any atom is -0.454 e. The molecule has 5 rings (SSSR count). The zero-order chi connectivity index (χ0) is 32.9. The minimum absolute atomic E-state index is 0.0121. The summed E-state index contributed by atoms with van der Waals surface area (Å²) in [6, 6.07) is 12.8. The number of hydrogen-bond acceptors (Lipinski definition) is 10. The third-order valence-corrected chi connectivity index (χ3v) is 10.3. The van der Waals surface area contributed by atoms with Gasteiger partial charge in [-0.2, -0.15) is 4.31 Å². The van der Waals surface area contributed by atoms with E-state index in [0.29, 0.717) is 37.5 Å². The summed E-state index contributed by atoms with van der Waals surface area (Å²) < 4.78 is 57.2. The Labute approximate surface area is 269 Å². The second-order valence-corrected chi connectivity index (χ2v) is 14.6. The Kier molecular flexibility index (Phi) is 10.7. The molecule has 0 aromatic heterocycles. The maximum absolute atomic E-state index is 14.2. The number of carbonyl (C=O) groups is 2. The molecular formula is C32H43N3O10S. The highest BCUT2D eigenvalue weighted by Gasteiger charge is 2.44. The van der Waals surface area contributed by atoms with Gasteiger partial charge in [0.25, 0.3) is 0 Å². The highest BCUT2D eigenvalue weighted by atomic mass is 32.2. The molecule has 252 valence electrons. The van der Waals surface area contributed by atoms with E-state index in [1.807, 2.05) is 44.2 Å². The number of aliphatic hydroxyl groups excluding tert-OH is 1. The molecule has 0 bridgehead atoms. The highest BCUT2D eigenvalue weighted by molar-refractivity contribution is 7.89. The van der Waals surface area contributed by atoms with Crippen LogP contribution in [0.15, 0.2) is 53.4 Å². The summed E-state index contributed by atoms with van der Waals surface area (Å²) in [5, 5.41) is 17.2. The number of benzene rings is 2. The molecule has 0 saturated carbocycles. The normalized spacial score (nSPS) is 21.9. The average molecular weight is 662 g/mol. The van der Waals surface area contributed by atoms with Gasteiger partial charge < -0.3 is 39.4 Å². The lowest BCUT2D eigenvalue weighted by molar-refractivity contribution is -0.119. The van der Waals surface area contributed by atoms with Gasteiger partial charge in [-0.05, 0) is 42.4 Å². The number of carbonyl (C=O) groups excluding carboxylic acids is 2. The molecule has 3 aliphatic heterocycles. The number of amides is 2. The van der Waals surface area contributed by atoms with E-state index >= 15 is 0 Å². The predicted octanol–water partition coefficient (Wildman–Crippen LogP) is 2.42. The van der Waals surface area contributed by atoms with Gasteiger partial charge in [0.05, 0.1) is 36.2 Å². The van der Waals surface area contributed by atoms with Crippen molar-refractivity contribution in [3.8, 4) is 11.5 Å². The van der Waals surface area contributed by atoms with Crippen LogP contribution in [0, 0.1) is 11.3 Å². The number of nitrogens with zero attached hydrogens (tertiary/aromatic N) is 1. The summed E-state index contributed by atoms with van der Waals surface area (Å²) in [6.45, 7) is 5.98. The minimum atomic E-state index is -4.18. The summed E-state index contributed by atoms with van der Waals surface area (Å²) in [7, 11) is -4.18. The molecule has 2 amide bonds. The first-order valence-corrected chi connectivity index (χ1v) is 16.9. The molecule has 0 aliphatic carbocycles. The van der Waals surface area contributed by atoms with Gasteiger partial charge >= 0.3 is 6.09 Å². The maximum atomic E-state index is 14.2. The van der Waals surface area contributed by atoms with E-state index in [9.17, 15) is 23.1 Å². The number of nitrogens with one attached hydrogen (secondary N) is 2. The molecule has 2 saturated heterocycles. The summed E-state index contributed by atoms with van der Waals surface area (Å²) in [4.78, 5) is 24.6. The van der Waals surface area contributed by atoms with E-state index < -0.39 is 46.1 Å². The number of hydrogen-bond donors (Lipinski definition) is 3. The first-order valence-electron chi connectivity index (χ1n) is 15.5. The number of fused-ring (bicyclic) bond motifs is 2. The number of ether oxygens (including phenoxy) is 5. The summed E-state index contributed by atoms with van der Waals surface area (Å²) in [6.07, 6.45) is -1.54. The van der Waals surface area contributed by atoms with Crippen molar-refractivity contribution in [2.75, 3.05) is 39.6 Å². The summed E-state index contributed by atoms with van der Waals surface area (Å²) in [5.74, 6) is 0.502. The highest BCUT2D eigenvalue weighted by Crippen LogP contribution is 2.36. The van der Waals surface area contributed by atoms with Crippen molar-refractivity contribution in [3.05, 3.63) is 54.1 Å². The molecule has 14 heteroatoms. The molecular weight excluding hydrogens is 618 g/mol. The SMILES string of the molecule is CC(=O)NCCC(C)(C)CN(C[C@@H](O)[C@H](Cc1ccccc1)NC(=O)O[C@H]1CO[C@H]2OCC[C@H]21)S(=O)(=O)c1ccc2c(c1)OCO2. The van der Waals surface area contributed by atoms with Crippen molar-refractivity contribution < 1.29 is 46.8 Å². The van der Waals surface area contributed by atoms with E-state index in [0.717, 1.165) is 5.56 Å². The first kappa shape index (κ1) is 33.9. The van der Waals surface area contributed by atoms with Crippen LogP contribution in [0.5, 0.6) is 11.5 Å². The van der Waals surface area contributed by atoms with Crippen molar-refractivity contribution in [2.24, 2.45) is 11.3 Å². The monoisotopic (exact) mass is 661 g/mol. The van der Waals surface area contributed by atoms with Crippen molar-refractivity contribution >= 4 is 22.0 Å². The lowest BCUT2D eigenvalue weighted by Gasteiger charge is -2.35. The Balaban J connectivity index is 1.37. The van der Waals surface area contributed by atoms with E-state index in [1.54, 1.807) is 0 Å². The van der Waals surface area contributed by atoms with Crippen LogP contribution < -0.4 is 20.1 Å². The predicted molar refractivity (Wildman–Crippen MR) is 166 cm³/mol. The standard InChI is InChI=1S/C32H43N3O10S/c1-21(36)33-13-12-32(2,3)19-35(46(39,40)23-9-10-27-28(16-23)44-20-43-27)17-26(37)25(15-22-7-5-4-6-8-22)34-31(38)45-29-18-42-30-24(29)11-14-41-30/h4-10,16,24-26,29-30,37H,11-15,17-20H2,1-3H3,(H,33,36)(H,34,38)/t24-,25-,26+,29-,30+/m0/s1. The summed E-state index contributed by atoms with van der Waals surface area (Å²) in [5.41, 5.74) is 0.232. The van der Waals surface area contributed by atoms with Gasteiger partial charge in [-0.1, -0.05) is 44.2 Å². The zero-order valence-corrected chi connectivity index (χ0v) is 27.2. The molecule has 3 N–H and O–H groups in total. The Hall–Kier alpha value is -3.43. The number of alkyl carbamates (subject to hydrolysis) is 1. The van der Waals surface area contributed by atoms with Crippen LogP contribution in [0.25, 0.3) is 0 Å². The van der Waals surface area contributed by atoms with Gasteiger partial charge in [-0.15, -0.1) is 0 Å². The van der Waals surface area contributed by atoms with E-state index in [-0.39, 0.29) is 49.6 Å². The van der Waals surface area contributed by atoms with Crippen LogP contribution in [0.4, 0.5) is 4.79 Å². The average Bonchev–Trinajstić information content (AvgIpc) is 3.75. The van der Waals surface area contributed by atoms with Gasteiger partial charge in [0.15, 0.2) is 17.8 Å². The fourth-order valence-electron chi connectivity index (χ4n) is 5.92. The molecule has 0 unspecified atom stereocenters. The number of rotatable bonds is 14. The second kappa shape index (κ2) is 14.6. The van der Waals surface area contributed by atoms with Crippen LogP contribution in [-0.4, -0.2) is 94.0 Å². The molecule has 3 heterocycles. The van der Waals surface area contributed by atoms with Crippen LogP contribution in [0.3, 0.4) is 0 Å². The van der Waals surface area contributed by atoms with E-state index in [2.05, 4.69) is 10.6 Å². The lowest BCUT2D eigenvalue weighted by Crippen LogP contribution is -2.52. The third-order valence-electron chi connectivity index (χ3n) is 8.46. The van der Waals surface area contributed by atoms with Crippen molar-refractivity contribution in [3.63, 3.8) is 0 Å². The van der Waals surface area contributed by atoms with Gasteiger partial charge in [-0.3, -0.25) is 4.79 Å². The third kappa shape index (κ3) is 8.48. The van der Waals surface area contributed by atoms with E-state index in [1.165, 1.54) is 29.4 Å². The lowest BCUT2D eigenvalue weighted by atomic mass is 9.89. The molecule has 2 fully saturated rings. The molecule has 2 aromatic carbocycles. The molecule has 2 aromatic rings. The van der Waals surface area contributed by atoms with Crippen LogP contribution in [0.1, 0.15) is 39.2 Å². The molecule has 0 spiro atoms. The second-order valence-electron chi connectivity index (χ2n) is 12.7. The van der Waals surface area contributed by atoms with Crippen LogP contribution >= 0.6 is 0 Å². The Morgan fingerprint density at radius 1 is 1.11 bits per heavy atom. The van der Waals surface area contributed by atoms with Crippen molar-refractivity contribution in [2.45, 2.75) is 69.5 Å². The fraction of sp³-hybridized carbons (Fsp3) is 0.562. The largest absolute Gasteiger partial charge is 0.454 e. The Morgan fingerprint density at radius 2 is 1.87 bits per heavy atom. The zero-order valence-electron chi connectivity index (χ0n) is 26.3. The topological polar surface area (TPSA) is 162 Å². The first-order chi connectivity index (χ1) is 21.9. The van der Waals surface area contributed by atoms with Gasteiger partial charge in [0.2, 0.25) is 22.7 Å². The summed E-state index contributed by atoms with van der Waals surface area (Å²) >= 11 is 0. The quantitative estimate of drug-likeness (QED) is 0.274. The van der Waals surface area contributed by atoms with Gasteiger partial charge in [0, 0.05) is 32.6 Å². The van der Waals surface area contributed by atoms with Crippen molar-refractivity contribution in [1.29, 1.82) is 0 Å². The molecule has 3 aliphatic rings. The van der Waals surface area contributed by atoms with E-state index in [4.69, 9.17) is 23.7 Å². The molecule has 13 nitrogen and oxygen atoms in total. The molecule has 0 radical (unpaired) electrons. The molecule has 5 atom stereocenters. The number of sulfonamides is 1. The Bertz CT molecular complexity index is 1470. The fourth-order valence-corrected chi connectivity index (χ4v) is 7.59. The van der Waals surface area contributed by atoms with Crippen LogP contribution in [0.2, 0.25) is 0 Å².